The number of nitrogens with one attached hydrogen (secondary N) is 1. The highest BCUT2D eigenvalue weighted by Crippen LogP contribution is 2.22. The van der Waals surface area contributed by atoms with Crippen LogP contribution < -0.4 is 15.8 Å². The fourth-order valence-electron chi connectivity index (χ4n) is 2.27. The van der Waals surface area contributed by atoms with E-state index in [4.69, 9.17) is 22.7 Å². The molecule has 1 heterocycles. The summed E-state index contributed by atoms with van der Waals surface area (Å²) < 4.78 is 5.38. The van der Waals surface area contributed by atoms with E-state index in [1.54, 1.807) is 7.11 Å². The van der Waals surface area contributed by atoms with Gasteiger partial charge in [0.1, 0.15) is 10.7 Å². The van der Waals surface area contributed by atoms with Crippen LogP contribution in [0.15, 0.2) is 18.2 Å². The average Bonchev–Trinajstić information content (AvgIpc) is 2.63. The van der Waals surface area contributed by atoms with Crippen molar-refractivity contribution in [2.75, 3.05) is 26.7 Å². The molecule has 1 aromatic rings. The zero-order valence-corrected chi connectivity index (χ0v) is 12.3. The lowest BCUT2D eigenvalue weighted by Crippen LogP contribution is -2.28. The van der Waals surface area contributed by atoms with Crippen LogP contribution in [0.5, 0.6) is 5.75 Å². The second-order valence-corrected chi connectivity index (χ2v) is 5.21. The molecule has 108 valence electrons. The smallest absolute Gasteiger partial charge is 0.221 e. The first-order chi connectivity index (χ1) is 9.60. The second kappa shape index (κ2) is 6.67. The Bertz CT molecular complexity index is 519. The van der Waals surface area contributed by atoms with Crippen LogP contribution in [0.4, 0.5) is 0 Å². The summed E-state index contributed by atoms with van der Waals surface area (Å²) in [5.41, 5.74) is 7.54. The van der Waals surface area contributed by atoms with Gasteiger partial charge in [0, 0.05) is 43.7 Å². The minimum atomic E-state index is 0.108. The van der Waals surface area contributed by atoms with Crippen molar-refractivity contribution in [3.63, 3.8) is 0 Å². The van der Waals surface area contributed by atoms with E-state index in [0.717, 1.165) is 30.0 Å². The molecule has 1 fully saturated rings. The highest BCUT2D eigenvalue weighted by atomic mass is 32.1. The summed E-state index contributed by atoms with van der Waals surface area (Å²) in [6.07, 6.45) is 0.525. The Balaban J connectivity index is 2.16. The first-order valence-electron chi connectivity index (χ1n) is 6.56. The van der Waals surface area contributed by atoms with Gasteiger partial charge in [-0.2, -0.15) is 0 Å². The molecule has 1 amide bonds. The Kier molecular flexibility index (Phi) is 4.92. The van der Waals surface area contributed by atoms with Gasteiger partial charge in [-0.1, -0.05) is 12.2 Å². The van der Waals surface area contributed by atoms with E-state index in [-0.39, 0.29) is 5.91 Å². The Labute approximate surface area is 124 Å². The number of benzene rings is 1. The fraction of sp³-hybridized carbons (Fsp3) is 0.429. The molecule has 5 nitrogen and oxygen atoms in total. The van der Waals surface area contributed by atoms with Crippen molar-refractivity contribution in [2.24, 2.45) is 5.73 Å². The van der Waals surface area contributed by atoms with Crippen molar-refractivity contribution in [3.05, 3.63) is 29.3 Å². The molecule has 0 bridgehead atoms. The number of nitrogens with zero attached hydrogens (tertiary/aromatic N) is 1. The third-order valence-corrected chi connectivity index (χ3v) is 3.60. The molecule has 1 aliphatic heterocycles. The summed E-state index contributed by atoms with van der Waals surface area (Å²) in [6, 6.07) is 5.70. The number of carbonyl (C=O) groups is 1. The maximum atomic E-state index is 11.4. The van der Waals surface area contributed by atoms with E-state index < -0.39 is 0 Å². The van der Waals surface area contributed by atoms with Gasteiger partial charge < -0.3 is 15.8 Å². The predicted octanol–water partition coefficient (Wildman–Crippen LogP) is 0.651. The number of hydrogen-bond donors (Lipinski definition) is 2. The number of rotatable bonds is 4. The van der Waals surface area contributed by atoms with Crippen LogP contribution in [0.1, 0.15) is 17.5 Å². The summed E-state index contributed by atoms with van der Waals surface area (Å²) in [5.74, 6) is 0.921. The van der Waals surface area contributed by atoms with Crippen molar-refractivity contribution in [2.45, 2.75) is 13.0 Å². The van der Waals surface area contributed by atoms with Gasteiger partial charge in [-0.05, 0) is 18.2 Å². The monoisotopic (exact) mass is 293 g/mol. The fourth-order valence-corrected chi connectivity index (χ4v) is 2.39. The van der Waals surface area contributed by atoms with Gasteiger partial charge in [-0.15, -0.1) is 0 Å². The van der Waals surface area contributed by atoms with Gasteiger partial charge in [0.15, 0.2) is 0 Å². The molecule has 1 aliphatic rings. The summed E-state index contributed by atoms with van der Waals surface area (Å²) in [7, 11) is 1.65. The highest BCUT2D eigenvalue weighted by Gasteiger charge is 2.15. The third-order valence-electron chi connectivity index (χ3n) is 3.36. The lowest BCUT2D eigenvalue weighted by molar-refractivity contribution is -0.120. The quantitative estimate of drug-likeness (QED) is 0.798. The average molecular weight is 293 g/mol. The van der Waals surface area contributed by atoms with Crippen molar-refractivity contribution in [1.82, 2.24) is 10.2 Å². The number of thiocarbonyl (C=S) groups is 1. The van der Waals surface area contributed by atoms with E-state index in [1.165, 1.54) is 0 Å². The zero-order chi connectivity index (χ0) is 14.5. The van der Waals surface area contributed by atoms with Crippen LogP contribution in [0.2, 0.25) is 0 Å². The van der Waals surface area contributed by atoms with Crippen LogP contribution in [0.3, 0.4) is 0 Å². The van der Waals surface area contributed by atoms with Gasteiger partial charge in [0.2, 0.25) is 5.91 Å². The Morgan fingerprint density at radius 1 is 1.50 bits per heavy atom. The summed E-state index contributed by atoms with van der Waals surface area (Å²) in [4.78, 5) is 13.9. The maximum Gasteiger partial charge on any atom is 0.221 e. The largest absolute Gasteiger partial charge is 0.496 e. The summed E-state index contributed by atoms with van der Waals surface area (Å²) in [6.45, 7) is 2.96. The number of carbonyl (C=O) groups excluding carboxylic acids is 1. The van der Waals surface area contributed by atoms with Gasteiger partial charge >= 0.3 is 0 Å². The summed E-state index contributed by atoms with van der Waals surface area (Å²) >= 11 is 5.01. The minimum absolute atomic E-state index is 0.108. The van der Waals surface area contributed by atoms with E-state index in [0.29, 0.717) is 24.5 Å². The van der Waals surface area contributed by atoms with Crippen molar-refractivity contribution >= 4 is 23.1 Å². The number of nitrogens with two attached hydrogens (primary N) is 1. The second-order valence-electron chi connectivity index (χ2n) is 4.77. The Morgan fingerprint density at radius 3 is 3.00 bits per heavy atom. The maximum absolute atomic E-state index is 11.4. The predicted molar refractivity (Wildman–Crippen MR) is 81.8 cm³/mol. The van der Waals surface area contributed by atoms with E-state index >= 15 is 0 Å². The Morgan fingerprint density at radius 2 is 2.30 bits per heavy atom. The molecule has 3 N–H and O–H groups in total. The van der Waals surface area contributed by atoms with Crippen LogP contribution in [-0.2, 0) is 11.3 Å². The molecule has 0 radical (unpaired) electrons. The van der Waals surface area contributed by atoms with Crippen LogP contribution >= 0.6 is 12.2 Å². The molecule has 0 spiro atoms. The highest BCUT2D eigenvalue weighted by molar-refractivity contribution is 7.80. The van der Waals surface area contributed by atoms with E-state index in [2.05, 4.69) is 10.2 Å². The molecule has 20 heavy (non-hydrogen) atoms. The molecule has 6 heteroatoms. The molecular formula is C14H19N3O2S. The van der Waals surface area contributed by atoms with Crippen LogP contribution in [0, 0.1) is 0 Å². The zero-order valence-electron chi connectivity index (χ0n) is 11.5. The van der Waals surface area contributed by atoms with Crippen molar-refractivity contribution < 1.29 is 9.53 Å². The molecule has 1 saturated heterocycles. The molecular weight excluding hydrogens is 274 g/mol. The van der Waals surface area contributed by atoms with Gasteiger partial charge in [-0.3, -0.25) is 9.69 Å². The molecule has 1 aromatic carbocycles. The molecule has 0 unspecified atom stereocenters. The number of ether oxygens (including phenoxy) is 1. The Hall–Kier alpha value is -1.66. The molecule has 0 atom stereocenters. The van der Waals surface area contributed by atoms with Crippen molar-refractivity contribution in [3.8, 4) is 5.75 Å². The first-order valence-corrected chi connectivity index (χ1v) is 6.96. The van der Waals surface area contributed by atoms with E-state index in [9.17, 15) is 4.79 Å². The van der Waals surface area contributed by atoms with Crippen LogP contribution in [0.25, 0.3) is 0 Å². The minimum Gasteiger partial charge on any atom is -0.496 e. The SMILES string of the molecule is COc1ccc(C(N)=S)cc1CN1CCNC(=O)CC1. The lowest BCUT2D eigenvalue weighted by Gasteiger charge is -2.21. The number of amides is 1. The number of hydrogen-bond acceptors (Lipinski definition) is 4. The lowest BCUT2D eigenvalue weighted by atomic mass is 10.1. The van der Waals surface area contributed by atoms with Crippen LogP contribution in [-0.4, -0.2) is 42.5 Å². The van der Waals surface area contributed by atoms with Gasteiger partial charge in [0.05, 0.1) is 7.11 Å². The van der Waals surface area contributed by atoms with Gasteiger partial charge in [-0.25, -0.2) is 0 Å². The molecule has 0 aromatic heterocycles. The normalized spacial score (nSPS) is 16.4. The van der Waals surface area contributed by atoms with E-state index in [1.807, 2.05) is 18.2 Å². The standard InChI is InChI=1S/C14H19N3O2S/c1-19-12-3-2-10(14(15)20)8-11(12)9-17-6-4-13(18)16-5-7-17/h2-3,8H,4-7,9H2,1H3,(H2,15,20)(H,16,18). The van der Waals surface area contributed by atoms with Gasteiger partial charge in [0.25, 0.3) is 0 Å². The first kappa shape index (κ1) is 14.7. The third kappa shape index (κ3) is 3.68. The molecule has 2 rings (SSSR count). The summed E-state index contributed by atoms with van der Waals surface area (Å²) in [5, 5.41) is 2.87. The van der Waals surface area contributed by atoms with Crippen molar-refractivity contribution in [1.29, 1.82) is 0 Å². The number of methoxy groups -OCH3 is 1. The molecule has 0 saturated carbocycles. The topological polar surface area (TPSA) is 67.6 Å². The molecule has 0 aliphatic carbocycles.